The second-order valence-electron chi connectivity index (χ2n) is 3.63. The van der Waals surface area contributed by atoms with Gasteiger partial charge in [0.25, 0.3) is 0 Å². The van der Waals surface area contributed by atoms with Crippen molar-refractivity contribution < 1.29 is 9.53 Å². The van der Waals surface area contributed by atoms with Crippen molar-refractivity contribution >= 4 is 17.0 Å². The summed E-state index contributed by atoms with van der Waals surface area (Å²) in [5, 5.41) is 0. The maximum Gasteiger partial charge on any atom is 0.307 e. The van der Waals surface area contributed by atoms with Gasteiger partial charge in [-0.3, -0.25) is 4.79 Å². The highest BCUT2D eigenvalue weighted by Crippen LogP contribution is 2.15. The molecule has 0 radical (unpaired) electrons. The summed E-state index contributed by atoms with van der Waals surface area (Å²) in [6, 6.07) is 7.90. The van der Waals surface area contributed by atoms with E-state index in [1.165, 1.54) is 7.11 Å². The van der Waals surface area contributed by atoms with Crippen LogP contribution in [0.15, 0.2) is 24.3 Å². The summed E-state index contributed by atoms with van der Waals surface area (Å²) >= 11 is 0. The van der Waals surface area contributed by atoms with Gasteiger partial charge in [0.15, 0.2) is 0 Å². The molecule has 16 heavy (non-hydrogen) atoms. The number of aryl methyl sites for hydroxylation is 2. The Bertz CT molecular complexity index is 517. The third-order valence-corrected chi connectivity index (χ3v) is 2.61. The number of carbonyl (C=O) groups excluding carboxylic acids is 1. The zero-order chi connectivity index (χ0) is 11.5. The first-order valence-electron chi connectivity index (χ1n) is 5.21. The maximum atomic E-state index is 11.1. The van der Waals surface area contributed by atoms with Gasteiger partial charge in [-0.15, -0.1) is 0 Å². The first kappa shape index (κ1) is 10.7. The fourth-order valence-corrected chi connectivity index (χ4v) is 1.78. The second-order valence-corrected chi connectivity index (χ2v) is 3.63. The minimum Gasteiger partial charge on any atom is -0.469 e. The number of aromatic nitrogens is 2. The quantitative estimate of drug-likeness (QED) is 0.739. The Hall–Kier alpha value is -1.84. The summed E-state index contributed by atoms with van der Waals surface area (Å²) in [5.41, 5.74) is 2.02. The average Bonchev–Trinajstić information content (AvgIpc) is 2.62. The predicted octanol–water partition coefficient (Wildman–Crippen LogP) is 1.91. The van der Waals surface area contributed by atoms with Crippen molar-refractivity contribution in [3.05, 3.63) is 30.1 Å². The van der Waals surface area contributed by atoms with Gasteiger partial charge in [-0.1, -0.05) is 12.1 Å². The Morgan fingerprint density at radius 1 is 1.44 bits per heavy atom. The Morgan fingerprint density at radius 2 is 2.19 bits per heavy atom. The highest BCUT2D eigenvalue weighted by molar-refractivity contribution is 5.76. The Morgan fingerprint density at radius 3 is 2.94 bits per heavy atom. The van der Waals surface area contributed by atoms with E-state index in [-0.39, 0.29) is 5.97 Å². The summed E-state index contributed by atoms with van der Waals surface area (Å²) in [5.74, 6) is 0.724. The lowest BCUT2D eigenvalue weighted by atomic mass is 10.3. The van der Waals surface area contributed by atoms with Crippen LogP contribution >= 0.6 is 0 Å². The van der Waals surface area contributed by atoms with Gasteiger partial charge in [-0.25, -0.2) is 4.98 Å². The standard InChI is InChI=1S/C12H14N2O2/c1-9-13-10-5-3-4-6-11(10)14(9)8-7-12(15)16-2/h3-6H,7-8H2,1-2H3. The highest BCUT2D eigenvalue weighted by atomic mass is 16.5. The molecule has 0 spiro atoms. The van der Waals surface area contributed by atoms with Crippen molar-refractivity contribution in [1.29, 1.82) is 0 Å². The monoisotopic (exact) mass is 218 g/mol. The molecule has 0 aliphatic carbocycles. The van der Waals surface area contributed by atoms with Crippen molar-refractivity contribution in [3.63, 3.8) is 0 Å². The van der Waals surface area contributed by atoms with Crippen LogP contribution in [0.1, 0.15) is 12.2 Å². The third-order valence-electron chi connectivity index (χ3n) is 2.61. The van der Waals surface area contributed by atoms with E-state index in [2.05, 4.69) is 9.72 Å². The fraction of sp³-hybridized carbons (Fsp3) is 0.333. The van der Waals surface area contributed by atoms with Gasteiger partial charge in [0.1, 0.15) is 5.82 Å². The molecule has 4 nitrogen and oxygen atoms in total. The molecule has 1 aromatic carbocycles. The van der Waals surface area contributed by atoms with Gasteiger partial charge >= 0.3 is 5.97 Å². The first-order valence-corrected chi connectivity index (χ1v) is 5.21. The number of para-hydroxylation sites is 2. The van der Waals surface area contributed by atoms with Crippen LogP contribution in [0.5, 0.6) is 0 Å². The molecule has 0 unspecified atom stereocenters. The molecule has 0 bridgehead atoms. The van der Waals surface area contributed by atoms with E-state index in [0.717, 1.165) is 16.9 Å². The van der Waals surface area contributed by atoms with Crippen LogP contribution in [-0.2, 0) is 16.1 Å². The van der Waals surface area contributed by atoms with E-state index >= 15 is 0 Å². The first-order chi connectivity index (χ1) is 7.72. The van der Waals surface area contributed by atoms with Crippen molar-refractivity contribution in [2.75, 3.05) is 7.11 Å². The van der Waals surface area contributed by atoms with Crippen LogP contribution in [0.3, 0.4) is 0 Å². The van der Waals surface area contributed by atoms with E-state index in [1.807, 2.05) is 35.8 Å². The molecule has 2 rings (SSSR count). The molecule has 0 fully saturated rings. The summed E-state index contributed by atoms with van der Waals surface area (Å²) in [6.07, 6.45) is 0.373. The lowest BCUT2D eigenvalue weighted by Crippen LogP contribution is -2.08. The molecule has 2 aromatic rings. The molecule has 4 heteroatoms. The second kappa shape index (κ2) is 4.35. The number of esters is 1. The highest BCUT2D eigenvalue weighted by Gasteiger charge is 2.08. The molecule has 1 heterocycles. The number of benzene rings is 1. The average molecular weight is 218 g/mol. The predicted molar refractivity (Wildman–Crippen MR) is 61.1 cm³/mol. The van der Waals surface area contributed by atoms with E-state index in [9.17, 15) is 4.79 Å². The summed E-state index contributed by atoms with van der Waals surface area (Å²) < 4.78 is 6.66. The van der Waals surface area contributed by atoms with Crippen LogP contribution in [0, 0.1) is 6.92 Å². The number of nitrogens with zero attached hydrogens (tertiary/aromatic N) is 2. The van der Waals surface area contributed by atoms with Crippen LogP contribution in [0.2, 0.25) is 0 Å². The Balaban J connectivity index is 2.29. The van der Waals surface area contributed by atoms with Gasteiger partial charge < -0.3 is 9.30 Å². The van der Waals surface area contributed by atoms with Gasteiger partial charge in [-0.05, 0) is 19.1 Å². The molecule has 0 saturated heterocycles. The SMILES string of the molecule is COC(=O)CCn1c(C)nc2ccccc21. The molecule has 0 N–H and O–H groups in total. The smallest absolute Gasteiger partial charge is 0.307 e. The zero-order valence-corrected chi connectivity index (χ0v) is 9.43. The third kappa shape index (κ3) is 1.91. The maximum absolute atomic E-state index is 11.1. The number of methoxy groups -OCH3 is 1. The molecule has 1 aromatic heterocycles. The van der Waals surface area contributed by atoms with E-state index in [1.54, 1.807) is 0 Å². The molecule has 84 valence electrons. The van der Waals surface area contributed by atoms with E-state index < -0.39 is 0 Å². The van der Waals surface area contributed by atoms with Gasteiger partial charge in [-0.2, -0.15) is 0 Å². The molecule has 0 aliphatic rings. The molecule has 0 saturated carbocycles. The van der Waals surface area contributed by atoms with Gasteiger partial charge in [0.05, 0.1) is 24.6 Å². The molecule has 0 atom stereocenters. The minimum atomic E-state index is -0.197. The zero-order valence-electron chi connectivity index (χ0n) is 9.43. The van der Waals surface area contributed by atoms with Gasteiger partial charge in [0.2, 0.25) is 0 Å². The lowest BCUT2D eigenvalue weighted by molar-refractivity contribution is -0.140. The fourth-order valence-electron chi connectivity index (χ4n) is 1.78. The van der Waals surface area contributed by atoms with Crippen molar-refractivity contribution in [1.82, 2.24) is 9.55 Å². The number of fused-ring (bicyclic) bond motifs is 1. The van der Waals surface area contributed by atoms with Crippen molar-refractivity contribution in [2.45, 2.75) is 19.9 Å². The van der Waals surface area contributed by atoms with Crippen LogP contribution in [0.25, 0.3) is 11.0 Å². The van der Waals surface area contributed by atoms with Crippen LogP contribution < -0.4 is 0 Å². The number of hydrogen-bond acceptors (Lipinski definition) is 3. The number of rotatable bonds is 3. The lowest BCUT2D eigenvalue weighted by Gasteiger charge is -2.05. The largest absolute Gasteiger partial charge is 0.469 e. The molecular formula is C12H14N2O2. The normalized spacial score (nSPS) is 10.6. The molecule has 0 aliphatic heterocycles. The van der Waals surface area contributed by atoms with Crippen LogP contribution in [-0.4, -0.2) is 22.6 Å². The van der Waals surface area contributed by atoms with Crippen molar-refractivity contribution in [3.8, 4) is 0 Å². The summed E-state index contributed by atoms with van der Waals surface area (Å²) in [4.78, 5) is 15.5. The molecule has 0 amide bonds. The summed E-state index contributed by atoms with van der Waals surface area (Å²) in [6.45, 7) is 2.55. The minimum absolute atomic E-state index is 0.197. The van der Waals surface area contributed by atoms with E-state index in [0.29, 0.717) is 13.0 Å². The Kier molecular flexibility index (Phi) is 2.90. The number of carbonyl (C=O) groups is 1. The Labute approximate surface area is 93.9 Å². The number of hydrogen-bond donors (Lipinski definition) is 0. The molecular weight excluding hydrogens is 204 g/mol. The van der Waals surface area contributed by atoms with Crippen LogP contribution in [0.4, 0.5) is 0 Å². The van der Waals surface area contributed by atoms with Crippen molar-refractivity contribution in [2.24, 2.45) is 0 Å². The topological polar surface area (TPSA) is 44.1 Å². The number of imidazole rings is 1. The van der Waals surface area contributed by atoms with E-state index in [4.69, 9.17) is 0 Å². The summed E-state index contributed by atoms with van der Waals surface area (Å²) in [7, 11) is 1.40. The number of ether oxygens (including phenoxy) is 1. The van der Waals surface area contributed by atoms with Gasteiger partial charge in [0, 0.05) is 6.54 Å².